The first kappa shape index (κ1) is 19.9. The zero-order valence-electron chi connectivity index (χ0n) is 15.0. The van der Waals surface area contributed by atoms with Crippen LogP contribution in [0.5, 0.6) is 0 Å². The summed E-state index contributed by atoms with van der Waals surface area (Å²) in [5.41, 5.74) is 1.36. The summed E-state index contributed by atoms with van der Waals surface area (Å²) in [7, 11) is 0. The van der Waals surface area contributed by atoms with E-state index in [0.29, 0.717) is 36.3 Å². The fourth-order valence-corrected chi connectivity index (χ4v) is 3.09. The van der Waals surface area contributed by atoms with Gasteiger partial charge in [-0.15, -0.1) is 0 Å². The van der Waals surface area contributed by atoms with Gasteiger partial charge >= 0.3 is 0 Å². The summed E-state index contributed by atoms with van der Waals surface area (Å²) in [4.78, 5) is 13.4. The Balaban J connectivity index is 0.00000225. The maximum atomic E-state index is 14.1. The number of halogens is 2. The average Bonchev–Trinajstić information content (AvgIpc) is 3.23. The predicted octanol–water partition coefficient (Wildman–Crippen LogP) is 4.27. The van der Waals surface area contributed by atoms with Crippen LogP contribution in [-0.4, -0.2) is 38.8 Å². The highest BCUT2D eigenvalue weighted by molar-refractivity contribution is 5.76. The first-order chi connectivity index (χ1) is 13.0. The Labute approximate surface area is 162 Å². The highest BCUT2D eigenvalue weighted by Crippen LogP contribution is 2.31. The zero-order valence-corrected chi connectivity index (χ0v) is 15.0. The molecule has 0 amide bonds. The summed E-state index contributed by atoms with van der Waals surface area (Å²) in [5, 5.41) is 6.13. The number of fused-ring (bicyclic) bond motifs is 1. The average molecular weight is 390 g/mol. The monoisotopic (exact) mass is 390 g/mol. The minimum absolute atomic E-state index is 0. The Morgan fingerprint density at radius 1 is 1.25 bits per heavy atom. The predicted molar refractivity (Wildman–Crippen MR) is 105 cm³/mol. The number of imidazole rings is 1. The molecule has 4 rings (SSSR count). The van der Waals surface area contributed by atoms with Crippen LogP contribution < -0.4 is 10.6 Å². The summed E-state index contributed by atoms with van der Waals surface area (Å²) in [6, 6.07) is 3.57. The van der Waals surface area contributed by atoms with Gasteiger partial charge < -0.3 is 15.4 Å². The Hall–Kier alpha value is -2.81. The molecule has 1 fully saturated rings. The molecular weight excluding hydrogens is 366 g/mol. The second kappa shape index (κ2) is 8.05. The van der Waals surface area contributed by atoms with E-state index in [1.54, 1.807) is 6.20 Å². The molecule has 1 aromatic carbocycles. The lowest BCUT2D eigenvalue weighted by molar-refractivity contribution is 0.187. The standard InChI is InChI=1S/C18H20F2N6O.CH4/c1-10(2)22-17-21-8-15-16(25-17)26(12-5-6-27-9-12)18(24-15)23-14-4-3-11(19)7-13(14)20;/h3-4,7-8,10,12H,5-6,9H2,1-2H3,(H,23,24)(H,21,22,25);1H4/t12-;/m1./s1. The highest BCUT2D eigenvalue weighted by Gasteiger charge is 2.25. The number of nitrogens with one attached hydrogen (secondary N) is 2. The third-order valence-electron chi connectivity index (χ3n) is 4.30. The van der Waals surface area contributed by atoms with Crippen LogP contribution >= 0.6 is 0 Å². The van der Waals surface area contributed by atoms with Gasteiger partial charge in [-0.25, -0.2) is 18.7 Å². The molecule has 7 nitrogen and oxygen atoms in total. The summed E-state index contributed by atoms with van der Waals surface area (Å²) >= 11 is 0. The molecule has 1 saturated heterocycles. The lowest BCUT2D eigenvalue weighted by Crippen LogP contribution is -2.15. The molecular formula is C19H24F2N6O. The number of hydrogen-bond acceptors (Lipinski definition) is 6. The van der Waals surface area contributed by atoms with Crippen molar-refractivity contribution in [1.29, 1.82) is 0 Å². The first-order valence-electron chi connectivity index (χ1n) is 8.82. The van der Waals surface area contributed by atoms with E-state index in [4.69, 9.17) is 4.74 Å². The zero-order chi connectivity index (χ0) is 19.0. The molecule has 2 aromatic heterocycles. The molecule has 0 saturated carbocycles. The smallest absolute Gasteiger partial charge is 0.224 e. The topological polar surface area (TPSA) is 76.9 Å². The van der Waals surface area contributed by atoms with Gasteiger partial charge in [0.25, 0.3) is 0 Å². The molecule has 9 heteroatoms. The van der Waals surface area contributed by atoms with Crippen molar-refractivity contribution in [2.24, 2.45) is 0 Å². The van der Waals surface area contributed by atoms with Crippen LogP contribution in [-0.2, 0) is 4.74 Å². The van der Waals surface area contributed by atoms with Gasteiger partial charge in [0, 0.05) is 18.7 Å². The Kier molecular flexibility index (Phi) is 5.73. The number of anilines is 3. The first-order valence-corrected chi connectivity index (χ1v) is 8.82. The van der Waals surface area contributed by atoms with E-state index in [1.807, 2.05) is 18.4 Å². The molecule has 0 bridgehead atoms. The maximum absolute atomic E-state index is 14.1. The van der Waals surface area contributed by atoms with E-state index in [1.165, 1.54) is 12.1 Å². The number of rotatable bonds is 5. The fraction of sp³-hybridized carbons (Fsp3) is 0.421. The normalized spacial score (nSPS) is 16.4. The molecule has 1 atom stereocenters. The largest absolute Gasteiger partial charge is 0.379 e. The molecule has 1 aliphatic heterocycles. The lowest BCUT2D eigenvalue weighted by atomic mass is 10.2. The SMILES string of the molecule is C.CC(C)Nc1ncc2nc(Nc3ccc(F)cc3F)n([C@@H]3CCOC3)c2n1. The molecule has 3 heterocycles. The molecule has 0 aliphatic carbocycles. The van der Waals surface area contributed by atoms with Crippen molar-refractivity contribution in [2.45, 2.75) is 39.8 Å². The molecule has 2 N–H and O–H groups in total. The van der Waals surface area contributed by atoms with E-state index in [0.717, 1.165) is 12.5 Å². The van der Waals surface area contributed by atoms with Gasteiger partial charge in [0.2, 0.25) is 11.9 Å². The van der Waals surface area contributed by atoms with Gasteiger partial charge in [0.15, 0.2) is 5.65 Å². The third-order valence-corrected chi connectivity index (χ3v) is 4.30. The van der Waals surface area contributed by atoms with Crippen molar-refractivity contribution < 1.29 is 13.5 Å². The van der Waals surface area contributed by atoms with E-state index in [9.17, 15) is 8.78 Å². The number of benzene rings is 1. The third kappa shape index (κ3) is 3.89. The molecule has 28 heavy (non-hydrogen) atoms. The van der Waals surface area contributed by atoms with Gasteiger partial charge in [-0.2, -0.15) is 4.98 Å². The minimum atomic E-state index is -0.690. The fourth-order valence-electron chi connectivity index (χ4n) is 3.09. The molecule has 0 unspecified atom stereocenters. The number of ether oxygens (including phenoxy) is 1. The van der Waals surface area contributed by atoms with E-state index in [2.05, 4.69) is 25.6 Å². The molecule has 0 radical (unpaired) electrons. The number of aromatic nitrogens is 4. The van der Waals surface area contributed by atoms with Crippen LogP contribution in [0.25, 0.3) is 11.2 Å². The van der Waals surface area contributed by atoms with Crippen LogP contribution in [0, 0.1) is 11.6 Å². The van der Waals surface area contributed by atoms with Crippen LogP contribution in [0.2, 0.25) is 0 Å². The van der Waals surface area contributed by atoms with Gasteiger partial charge in [-0.1, -0.05) is 7.43 Å². The summed E-state index contributed by atoms with van der Waals surface area (Å²) in [5.74, 6) is -0.408. The van der Waals surface area contributed by atoms with Gasteiger partial charge in [0.05, 0.1) is 24.5 Å². The quantitative estimate of drug-likeness (QED) is 0.678. The molecule has 1 aliphatic rings. The molecule has 3 aromatic rings. The maximum Gasteiger partial charge on any atom is 0.224 e. The lowest BCUT2D eigenvalue weighted by Gasteiger charge is -2.16. The van der Waals surface area contributed by atoms with Crippen molar-refractivity contribution in [3.8, 4) is 0 Å². The van der Waals surface area contributed by atoms with Crippen molar-refractivity contribution in [1.82, 2.24) is 19.5 Å². The van der Waals surface area contributed by atoms with Crippen LogP contribution in [0.1, 0.15) is 33.7 Å². The van der Waals surface area contributed by atoms with Crippen molar-refractivity contribution >= 4 is 28.7 Å². The van der Waals surface area contributed by atoms with Crippen LogP contribution in [0.4, 0.5) is 26.4 Å². The van der Waals surface area contributed by atoms with Gasteiger partial charge in [-0.05, 0) is 32.4 Å². The van der Waals surface area contributed by atoms with E-state index in [-0.39, 0.29) is 25.2 Å². The second-order valence-corrected chi connectivity index (χ2v) is 6.77. The van der Waals surface area contributed by atoms with Crippen molar-refractivity contribution in [3.63, 3.8) is 0 Å². The molecule has 150 valence electrons. The van der Waals surface area contributed by atoms with Gasteiger partial charge in [-0.3, -0.25) is 4.57 Å². The van der Waals surface area contributed by atoms with E-state index < -0.39 is 11.6 Å². The van der Waals surface area contributed by atoms with E-state index >= 15 is 0 Å². The van der Waals surface area contributed by atoms with Crippen LogP contribution in [0.15, 0.2) is 24.4 Å². The number of hydrogen-bond donors (Lipinski definition) is 2. The van der Waals surface area contributed by atoms with Gasteiger partial charge in [0.1, 0.15) is 17.2 Å². The minimum Gasteiger partial charge on any atom is -0.379 e. The van der Waals surface area contributed by atoms with Crippen LogP contribution in [0.3, 0.4) is 0 Å². The highest BCUT2D eigenvalue weighted by atomic mass is 19.1. The Morgan fingerprint density at radius 3 is 2.75 bits per heavy atom. The van der Waals surface area contributed by atoms with Crippen molar-refractivity contribution in [3.05, 3.63) is 36.0 Å². The number of nitrogens with zero attached hydrogens (tertiary/aromatic N) is 4. The Bertz CT molecular complexity index is 968. The summed E-state index contributed by atoms with van der Waals surface area (Å²) < 4.78 is 34.7. The molecule has 0 spiro atoms. The summed E-state index contributed by atoms with van der Waals surface area (Å²) in [6.45, 7) is 5.15. The van der Waals surface area contributed by atoms with Crippen molar-refractivity contribution in [2.75, 3.05) is 23.8 Å². The Morgan fingerprint density at radius 2 is 2.07 bits per heavy atom. The second-order valence-electron chi connectivity index (χ2n) is 6.77. The summed E-state index contributed by atoms with van der Waals surface area (Å²) in [6.07, 6.45) is 2.43.